The summed E-state index contributed by atoms with van der Waals surface area (Å²) in [6.45, 7) is 2.87. The fraction of sp³-hybridized carbons (Fsp3) is 0.706. The molecule has 2 amide bonds. The molecule has 24 heavy (non-hydrogen) atoms. The summed E-state index contributed by atoms with van der Waals surface area (Å²) in [6, 6.07) is 0. The molecule has 3 rings (SSSR count). The maximum absolute atomic E-state index is 12.7. The molecule has 1 aromatic heterocycles. The van der Waals surface area contributed by atoms with E-state index >= 15 is 0 Å². The number of carbonyl (C=O) groups excluding carboxylic acids is 2. The predicted molar refractivity (Wildman–Crippen MR) is 88.2 cm³/mol. The van der Waals surface area contributed by atoms with E-state index in [4.69, 9.17) is 10.5 Å². The van der Waals surface area contributed by atoms with Crippen LogP contribution in [0, 0.1) is 12.8 Å². The molecular formula is C17H26N4O3. The zero-order valence-corrected chi connectivity index (χ0v) is 14.6. The summed E-state index contributed by atoms with van der Waals surface area (Å²) in [5.41, 5.74) is 7.31. The molecule has 0 spiro atoms. The van der Waals surface area contributed by atoms with Crippen LogP contribution in [0.3, 0.4) is 0 Å². The Balaban J connectivity index is 1.76. The second-order valence-electron chi connectivity index (χ2n) is 7.14. The first-order chi connectivity index (χ1) is 11.4. The summed E-state index contributed by atoms with van der Waals surface area (Å²) in [5, 5.41) is 4.26. The molecular weight excluding hydrogens is 308 g/mol. The van der Waals surface area contributed by atoms with Crippen molar-refractivity contribution in [1.29, 1.82) is 0 Å². The maximum atomic E-state index is 12.7. The Hall–Kier alpha value is -1.89. The average Bonchev–Trinajstić information content (AvgIpc) is 3.08. The van der Waals surface area contributed by atoms with Gasteiger partial charge in [-0.05, 0) is 31.7 Å². The Morgan fingerprint density at radius 2 is 2.12 bits per heavy atom. The van der Waals surface area contributed by atoms with Crippen molar-refractivity contribution in [3.05, 3.63) is 17.5 Å². The van der Waals surface area contributed by atoms with E-state index in [1.807, 2.05) is 14.0 Å². The lowest BCUT2D eigenvalue weighted by Gasteiger charge is -2.40. The number of aromatic nitrogens is 2. The van der Waals surface area contributed by atoms with Crippen LogP contribution in [0.1, 0.15) is 42.9 Å². The third-order valence-corrected chi connectivity index (χ3v) is 5.88. The molecule has 2 atom stereocenters. The Bertz CT molecular complexity index is 645. The lowest BCUT2D eigenvalue weighted by Crippen LogP contribution is -2.45. The lowest BCUT2D eigenvalue weighted by atomic mass is 9.77. The first-order valence-corrected chi connectivity index (χ1v) is 8.47. The van der Waals surface area contributed by atoms with Crippen molar-refractivity contribution in [2.75, 3.05) is 20.2 Å². The van der Waals surface area contributed by atoms with Gasteiger partial charge in [0.05, 0.1) is 24.1 Å². The van der Waals surface area contributed by atoms with Gasteiger partial charge in [-0.3, -0.25) is 14.3 Å². The number of hydrogen-bond acceptors (Lipinski definition) is 4. The van der Waals surface area contributed by atoms with Crippen LogP contribution in [0.15, 0.2) is 6.20 Å². The largest absolute Gasteiger partial charge is 0.378 e. The molecule has 1 aliphatic heterocycles. The van der Waals surface area contributed by atoms with E-state index < -0.39 is 0 Å². The number of likely N-dealkylation sites (tertiary alicyclic amines) is 1. The number of nitrogens with two attached hydrogens (primary N) is 1. The van der Waals surface area contributed by atoms with E-state index in [2.05, 4.69) is 5.10 Å². The van der Waals surface area contributed by atoms with E-state index in [0.29, 0.717) is 19.5 Å². The quantitative estimate of drug-likeness (QED) is 0.859. The molecule has 2 aliphatic rings. The number of carbonyl (C=O) groups is 2. The molecule has 2 heterocycles. The standard InChI is InChI=1S/C17H26N4O3/c1-11-12(8-19-20(11)2)13-9-21(10-14(13)16(18)23)15(22)7-17(24-3)5-4-6-17/h8,13-14H,4-7,9-10H2,1-3H3,(H2,18,23)/t13-,14+/m1/s1. The SMILES string of the molecule is COC1(CC(=O)N2C[C@H](C(N)=O)[C@@H](c3cnn(C)c3C)C2)CCC1. The van der Waals surface area contributed by atoms with E-state index in [9.17, 15) is 9.59 Å². The summed E-state index contributed by atoms with van der Waals surface area (Å²) in [7, 11) is 3.54. The second-order valence-corrected chi connectivity index (χ2v) is 7.14. The van der Waals surface area contributed by atoms with Crippen LogP contribution in [0.4, 0.5) is 0 Å². The predicted octanol–water partition coefficient (Wildman–Crippen LogP) is 0.715. The highest BCUT2D eigenvalue weighted by Crippen LogP contribution is 2.40. The molecule has 0 aromatic carbocycles. The van der Waals surface area contributed by atoms with Crippen LogP contribution >= 0.6 is 0 Å². The van der Waals surface area contributed by atoms with Crippen LogP contribution in [0.5, 0.6) is 0 Å². The third kappa shape index (κ3) is 2.81. The maximum Gasteiger partial charge on any atom is 0.225 e. The zero-order chi connectivity index (χ0) is 17.5. The molecule has 0 bridgehead atoms. The Kier molecular flexibility index (Phi) is 4.38. The summed E-state index contributed by atoms with van der Waals surface area (Å²) >= 11 is 0. The van der Waals surface area contributed by atoms with E-state index in [-0.39, 0.29) is 29.3 Å². The van der Waals surface area contributed by atoms with Gasteiger partial charge in [-0.1, -0.05) is 0 Å². The Morgan fingerprint density at radius 3 is 2.58 bits per heavy atom. The monoisotopic (exact) mass is 334 g/mol. The molecule has 1 aromatic rings. The molecule has 1 saturated carbocycles. The van der Waals surface area contributed by atoms with Crippen LogP contribution < -0.4 is 5.73 Å². The Morgan fingerprint density at radius 1 is 1.42 bits per heavy atom. The topological polar surface area (TPSA) is 90.4 Å². The fourth-order valence-corrected chi connectivity index (χ4v) is 3.90. The van der Waals surface area contributed by atoms with Gasteiger partial charge in [0.25, 0.3) is 0 Å². The summed E-state index contributed by atoms with van der Waals surface area (Å²) < 4.78 is 7.34. The lowest BCUT2D eigenvalue weighted by molar-refractivity contribution is -0.143. The van der Waals surface area contributed by atoms with Gasteiger partial charge < -0.3 is 15.4 Å². The first kappa shape index (κ1) is 17.0. The van der Waals surface area contributed by atoms with Gasteiger partial charge in [0.2, 0.25) is 11.8 Å². The number of aryl methyl sites for hydroxylation is 1. The van der Waals surface area contributed by atoms with Crippen molar-refractivity contribution < 1.29 is 14.3 Å². The van der Waals surface area contributed by atoms with Crippen LogP contribution in [-0.2, 0) is 21.4 Å². The summed E-state index contributed by atoms with van der Waals surface area (Å²) in [4.78, 5) is 26.4. The highest BCUT2D eigenvalue weighted by Gasteiger charge is 2.44. The average molecular weight is 334 g/mol. The Labute approximate surface area is 142 Å². The normalized spacial score (nSPS) is 25.5. The fourth-order valence-electron chi connectivity index (χ4n) is 3.90. The number of ether oxygens (including phenoxy) is 1. The number of methoxy groups -OCH3 is 1. The van der Waals surface area contributed by atoms with Gasteiger partial charge >= 0.3 is 0 Å². The van der Waals surface area contributed by atoms with Gasteiger partial charge in [-0.2, -0.15) is 5.10 Å². The van der Waals surface area contributed by atoms with Gasteiger partial charge in [0, 0.05) is 38.9 Å². The summed E-state index contributed by atoms with van der Waals surface area (Å²) in [6.07, 6.45) is 5.11. The minimum absolute atomic E-state index is 0.0480. The molecule has 7 nitrogen and oxygen atoms in total. The zero-order valence-electron chi connectivity index (χ0n) is 14.6. The molecule has 7 heteroatoms. The third-order valence-electron chi connectivity index (χ3n) is 5.88. The van der Waals surface area contributed by atoms with E-state index in [1.54, 1.807) is 22.9 Å². The van der Waals surface area contributed by atoms with Crippen LogP contribution in [-0.4, -0.2) is 52.3 Å². The van der Waals surface area contributed by atoms with Gasteiger partial charge in [-0.15, -0.1) is 0 Å². The van der Waals surface area contributed by atoms with Crippen LogP contribution in [0.2, 0.25) is 0 Å². The minimum Gasteiger partial charge on any atom is -0.378 e. The first-order valence-electron chi connectivity index (χ1n) is 8.47. The second kappa shape index (κ2) is 6.20. The van der Waals surface area contributed by atoms with E-state index in [1.165, 1.54) is 0 Å². The van der Waals surface area contributed by atoms with Crippen LogP contribution in [0.25, 0.3) is 0 Å². The van der Waals surface area contributed by atoms with Crippen molar-refractivity contribution in [3.8, 4) is 0 Å². The number of amides is 2. The molecule has 2 N–H and O–H groups in total. The van der Waals surface area contributed by atoms with Crippen molar-refractivity contribution in [2.24, 2.45) is 18.7 Å². The smallest absolute Gasteiger partial charge is 0.225 e. The number of nitrogens with zero attached hydrogens (tertiary/aromatic N) is 3. The van der Waals surface area contributed by atoms with Gasteiger partial charge in [0.1, 0.15) is 0 Å². The highest BCUT2D eigenvalue weighted by molar-refractivity contribution is 5.82. The number of rotatable bonds is 5. The molecule has 2 fully saturated rings. The van der Waals surface area contributed by atoms with Crippen molar-refractivity contribution in [1.82, 2.24) is 14.7 Å². The minimum atomic E-state index is -0.364. The van der Waals surface area contributed by atoms with Crippen molar-refractivity contribution in [2.45, 2.75) is 44.1 Å². The summed E-state index contributed by atoms with van der Waals surface area (Å²) in [5.74, 6) is -0.757. The van der Waals surface area contributed by atoms with Gasteiger partial charge in [-0.25, -0.2) is 0 Å². The van der Waals surface area contributed by atoms with E-state index in [0.717, 1.165) is 30.5 Å². The number of primary amides is 1. The van der Waals surface area contributed by atoms with Crippen molar-refractivity contribution in [3.63, 3.8) is 0 Å². The molecule has 1 aliphatic carbocycles. The van der Waals surface area contributed by atoms with Crippen molar-refractivity contribution >= 4 is 11.8 Å². The molecule has 0 radical (unpaired) electrons. The molecule has 1 saturated heterocycles. The van der Waals surface area contributed by atoms with Gasteiger partial charge in [0.15, 0.2) is 0 Å². The molecule has 132 valence electrons. The highest BCUT2D eigenvalue weighted by atomic mass is 16.5. The molecule has 0 unspecified atom stereocenters. The number of hydrogen-bond donors (Lipinski definition) is 1.